The number of nitro groups is 1. The zero-order chi connectivity index (χ0) is 16.9. The van der Waals surface area contributed by atoms with E-state index in [9.17, 15) is 14.9 Å². The quantitative estimate of drug-likeness (QED) is 0.574. The van der Waals surface area contributed by atoms with Gasteiger partial charge in [0.05, 0.1) is 11.5 Å². The predicted molar refractivity (Wildman–Crippen MR) is 86.6 cm³/mol. The summed E-state index contributed by atoms with van der Waals surface area (Å²) in [6, 6.07) is 12.9. The highest BCUT2D eigenvalue weighted by molar-refractivity contribution is 6.04. The molecule has 120 valence electrons. The molecule has 0 aliphatic rings. The van der Waals surface area contributed by atoms with Crippen molar-refractivity contribution in [1.29, 1.82) is 0 Å². The third-order valence-electron chi connectivity index (χ3n) is 3.34. The SMILES string of the molecule is O=C(Nc1ccc(Cn2cncn2)cc1)c1cccc([N+](=O)[O-])c1. The van der Waals surface area contributed by atoms with Crippen molar-refractivity contribution in [3.05, 3.63) is 82.4 Å². The van der Waals surface area contributed by atoms with Crippen LogP contribution in [0.1, 0.15) is 15.9 Å². The van der Waals surface area contributed by atoms with E-state index >= 15 is 0 Å². The van der Waals surface area contributed by atoms with Gasteiger partial charge in [-0.1, -0.05) is 18.2 Å². The molecule has 2 aromatic carbocycles. The van der Waals surface area contributed by atoms with Crippen LogP contribution in [-0.2, 0) is 6.54 Å². The second-order valence-electron chi connectivity index (χ2n) is 5.05. The van der Waals surface area contributed by atoms with E-state index in [4.69, 9.17) is 0 Å². The van der Waals surface area contributed by atoms with Crippen LogP contribution in [0.25, 0.3) is 0 Å². The van der Waals surface area contributed by atoms with Crippen molar-refractivity contribution in [1.82, 2.24) is 14.8 Å². The van der Waals surface area contributed by atoms with E-state index in [2.05, 4.69) is 15.4 Å². The number of carbonyl (C=O) groups is 1. The van der Waals surface area contributed by atoms with Gasteiger partial charge in [-0.3, -0.25) is 14.9 Å². The van der Waals surface area contributed by atoms with Crippen molar-refractivity contribution in [3.63, 3.8) is 0 Å². The Morgan fingerprint density at radius 3 is 2.67 bits per heavy atom. The first kappa shape index (κ1) is 15.3. The maximum absolute atomic E-state index is 12.2. The van der Waals surface area contributed by atoms with Gasteiger partial charge in [-0.15, -0.1) is 0 Å². The van der Waals surface area contributed by atoms with E-state index < -0.39 is 10.8 Å². The summed E-state index contributed by atoms with van der Waals surface area (Å²) in [5.41, 5.74) is 1.73. The van der Waals surface area contributed by atoms with Crippen LogP contribution in [0.5, 0.6) is 0 Å². The summed E-state index contributed by atoms with van der Waals surface area (Å²) in [4.78, 5) is 26.3. The fraction of sp³-hybridized carbons (Fsp3) is 0.0625. The number of anilines is 1. The van der Waals surface area contributed by atoms with Crippen molar-refractivity contribution in [2.75, 3.05) is 5.32 Å². The molecule has 0 spiro atoms. The number of benzene rings is 2. The van der Waals surface area contributed by atoms with Gasteiger partial charge in [-0.25, -0.2) is 9.67 Å². The summed E-state index contributed by atoms with van der Waals surface area (Å²) in [6.07, 6.45) is 3.09. The highest BCUT2D eigenvalue weighted by atomic mass is 16.6. The molecule has 0 aliphatic carbocycles. The minimum atomic E-state index is -0.532. The largest absolute Gasteiger partial charge is 0.322 e. The first-order chi connectivity index (χ1) is 11.6. The van der Waals surface area contributed by atoms with Gasteiger partial charge in [-0.2, -0.15) is 5.10 Å². The standard InChI is InChI=1S/C16H13N5O3/c22-16(13-2-1-3-15(8-13)21(23)24)19-14-6-4-12(5-7-14)9-20-11-17-10-18-20/h1-8,10-11H,9H2,(H,19,22). The number of aromatic nitrogens is 3. The molecule has 0 atom stereocenters. The Labute approximate surface area is 136 Å². The van der Waals surface area contributed by atoms with E-state index in [0.29, 0.717) is 12.2 Å². The number of amides is 1. The molecule has 0 saturated heterocycles. The third-order valence-corrected chi connectivity index (χ3v) is 3.34. The molecule has 8 heteroatoms. The monoisotopic (exact) mass is 323 g/mol. The minimum absolute atomic E-state index is 0.120. The zero-order valence-electron chi connectivity index (χ0n) is 12.5. The molecule has 1 amide bonds. The second-order valence-corrected chi connectivity index (χ2v) is 5.05. The summed E-state index contributed by atoms with van der Waals surface area (Å²) in [6.45, 7) is 0.582. The number of rotatable bonds is 5. The topological polar surface area (TPSA) is 103 Å². The number of non-ortho nitro benzene ring substituents is 1. The first-order valence-electron chi connectivity index (χ1n) is 7.09. The molecule has 0 fully saturated rings. The van der Waals surface area contributed by atoms with Gasteiger partial charge in [0.25, 0.3) is 11.6 Å². The van der Waals surface area contributed by atoms with Gasteiger partial charge in [-0.05, 0) is 23.8 Å². The Hall–Kier alpha value is -3.55. The number of nitrogens with zero attached hydrogens (tertiary/aromatic N) is 4. The lowest BCUT2D eigenvalue weighted by atomic mass is 10.1. The Morgan fingerprint density at radius 2 is 2.00 bits per heavy atom. The normalized spacial score (nSPS) is 10.3. The second kappa shape index (κ2) is 6.69. The summed E-state index contributed by atoms with van der Waals surface area (Å²) in [5.74, 6) is -0.400. The first-order valence-corrected chi connectivity index (χ1v) is 7.09. The van der Waals surface area contributed by atoms with Gasteiger partial charge in [0.1, 0.15) is 12.7 Å². The highest BCUT2D eigenvalue weighted by Gasteiger charge is 2.11. The molecule has 0 aliphatic heterocycles. The number of hydrogen-bond acceptors (Lipinski definition) is 5. The van der Waals surface area contributed by atoms with Crippen LogP contribution in [-0.4, -0.2) is 25.6 Å². The van der Waals surface area contributed by atoms with E-state index in [1.54, 1.807) is 23.1 Å². The number of carbonyl (C=O) groups excluding carboxylic acids is 1. The van der Waals surface area contributed by atoms with E-state index in [0.717, 1.165) is 5.56 Å². The lowest BCUT2D eigenvalue weighted by Crippen LogP contribution is -2.12. The molecule has 0 bridgehead atoms. The van der Waals surface area contributed by atoms with E-state index in [1.807, 2.05) is 12.1 Å². The van der Waals surface area contributed by atoms with Gasteiger partial charge >= 0.3 is 0 Å². The Bertz CT molecular complexity index is 860. The van der Waals surface area contributed by atoms with Crippen LogP contribution < -0.4 is 5.32 Å². The maximum atomic E-state index is 12.2. The lowest BCUT2D eigenvalue weighted by Gasteiger charge is -2.07. The van der Waals surface area contributed by atoms with Gasteiger partial charge in [0, 0.05) is 23.4 Å². The van der Waals surface area contributed by atoms with Crippen molar-refractivity contribution >= 4 is 17.3 Å². The summed E-state index contributed by atoms with van der Waals surface area (Å²) in [7, 11) is 0. The summed E-state index contributed by atoms with van der Waals surface area (Å²) in [5, 5.41) is 17.5. The lowest BCUT2D eigenvalue weighted by molar-refractivity contribution is -0.384. The van der Waals surface area contributed by atoms with Crippen molar-refractivity contribution in [3.8, 4) is 0 Å². The zero-order valence-corrected chi connectivity index (χ0v) is 12.5. The fourth-order valence-electron chi connectivity index (χ4n) is 2.16. The van der Waals surface area contributed by atoms with E-state index in [-0.39, 0.29) is 11.3 Å². The molecule has 0 radical (unpaired) electrons. The van der Waals surface area contributed by atoms with Gasteiger partial charge in [0.2, 0.25) is 0 Å². The molecular formula is C16H13N5O3. The Kier molecular flexibility index (Phi) is 4.28. The average Bonchev–Trinajstić information content (AvgIpc) is 3.10. The molecule has 3 aromatic rings. The van der Waals surface area contributed by atoms with Gasteiger partial charge < -0.3 is 5.32 Å². The predicted octanol–water partition coefficient (Wildman–Crippen LogP) is 2.49. The van der Waals surface area contributed by atoms with E-state index in [1.165, 1.54) is 30.6 Å². The molecule has 1 N–H and O–H groups in total. The van der Waals surface area contributed by atoms with Gasteiger partial charge in [0.15, 0.2) is 0 Å². The van der Waals surface area contributed by atoms with Crippen LogP contribution in [0.4, 0.5) is 11.4 Å². The van der Waals surface area contributed by atoms with Crippen LogP contribution in [0.15, 0.2) is 61.2 Å². The fourth-order valence-corrected chi connectivity index (χ4v) is 2.16. The summed E-state index contributed by atoms with van der Waals surface area (Å²) >= 11 is 0. The molecule has 8 nitrogen and oxygen atoms in total. The molecule has 0 saturated carbocycles. The molecule has 1 aromatic heterocycles. The smallest absolute Gasteiger partial charge is 0.270 e. The molecule has 24 heavy (non-hydrogen) atoms. The average molecular weight is 323 g/mol. The summed E-state index contributed by atoms with van der Waals surface area (Å²) < 4.78 is 1.69. The number of hydrogen-bond donors (Lipinski definition) is 1. The van der Waals surface area contributed by atoms with Crippen molar-refractivity contribution < 1.29 is 9.72 Å². The van der Waals surface area contributed by atoms with Crippen LogP contribution in [0.3, 0.4) is 0 Å². The molecular weight excluding hydrogens is 310 g/mol. The van der Waals surface area contributed by atoms with Crippen molar-refractivity contribution in [2.45, 2.75) is 6.54 Å². The molecule has 1 heterocycles. The maximum Gasteiger partial charge on any atom is 0.270 e. The Balaban J connectivity index is 1.68. The van der Waals surface area contributed by atoms with Crippen LogP contribution in [0, 0.1) is 10.1 Å². The molecule has 0 unspecified atom stereocenters. The Morgan fingerprint density at radius 1 is 1.21 bits per heavy atom. The minimum Gasteiger partial charge on any atom is -0.322 e. The number of nitrogens with one attached hydrogen (secondary N) is 1. The third kappa shape index (κ3) is 3.61. The van der Waals surface area contributed by atoms with Crippen LogP contribution in [0.2, 0.25) is 0 Å². The highest BCUT2D eigenvalue weighted by Crippen LogP contribution is 2.16. The molecule has 3 rings (SSSR count). The van der Waals surface area contributed by atoms with Crippen molar-refractivity contribution in [2.24, 2.45) is 0 Å². The van der Waals surface area contributed by atoms with Crippen LogP contribution >= 0.6 is 0 Å². The number of nitro benzene ring substituents is 1.